The first kappa shape index (κ1) is 9.96. The van der Waals surface area contributed by atoms with Crippen molar-refractivity contribution in [3.05, 3.63) is 0 Å². The normalized spacial score (nSPS) is 31.0. The van der Waals surface area contributed by atoms with E-state index in [1.54, 1.807) is 0 Å². The molecule has 72 valence electrons. The summed E-state index contributed by atoms with van der Waals surface area (Å²) in [5.41, 5.74) is 0. The Morgan fingerprint density at radius 1 is 1.58 bits per heavy atom. The quantitative estimate of drug-likeness (QED) is 0.673. The molecule has 1 saturated heterocycles. The summed E-state index contributed by atoms with van der Waals surface area (Å²) in [5, 5.41) is 9.64. The zero-order valence-electron chi connectivity index (χ0n) is 7.99. The molecule has 0 spiro atoms. The van der Waals surface area contributed by atoms with Crippen LogP contribution in [0.15, 0.2) is 0 Å². The number of hydrogen-bond acceptors (Lipinski definition) is 3. The lowest BCUT2D eigenvalue weighted by molar-refractivity contribution is -0.0539. The van der Waals surface area contributed by atoms with Gasteiger partial charge in [-0.25, -0.2) is 0 Å². The van der Waals surface area contributed by atoms with Crippen molar-refractivity contribution in [2.75, 3.05) is 26.8 Å². The molecule has 2 unspecified atom stereocenters. The van der Waals surface area contributed by atoms with Crippen molar-refractivity contribution < 1.29 is 9.84 Å². The van der Waals surface area contributed by atoms with Gasteiger partial charge in [-0.2, -0.15) is 0 Å². The Kier molecular flexibility index (Phi) is 3.98. The van der Waals surface area contributed by atoms with E-state index in [9.17, 15) is 5.11 Å². The molecule has 2 atom stereocenters. The van der Waals surface area contributed by atoms with E-state index < -0.39 is 0 Å². The Bertz CT molecular complexity index is 130. The molecule has 0 aromatic rings. The lowest BCUT2D eigenvalue weighted by Gasteiger charge is -2.34. The summed E-state index contributed by atoms with van der Waals surface area (Å²) in [4.78, 5) is 2.18. The first-order valence-electron chi connectivity index (χ1n) is 4.71. The first-order chi connectivity index (χ1) is 5.75. The van der Waals surface area contributed by atoms with Crippen LogP contribution in [0.2, 0.25) is 0 Å². The number of nitrogens with zero attached hydrogens (tertiary/aromatic N) is 1. The minimum atomic E-state index is -0.199. The van der Waals surface area contributed by atoms with E-state index in [4.69, 9.17) is 4.74 Å². The minimum Gasteiger partial charge on any atom is -0.391 e. The van der Waals surface area contributed by atoms with Crippen LogP contribution in [0.25, 0.3) is 0 Å². The maximum Gasteiger partial charge on any atom is 0.0739 e. The van der Waals surface area contributed by atoms with Gasteiger partial charge in [-0.15, -0.1) is 0 Å². The van der Waals surface area contributed by atoms with Crippen LogP contribution in [0.1, 0.15) is 19.8 Å². The minimum absolute atomic E-state index is 0.199. The van der Waals surface area contributed by atoms with Crippen LogP contribution < -0.4 is 0 Å². The lowest BCUT2D eigenvalue weighted by atomic mass is 10.1. The van der Waals surface area contributed by atoms with Crippen molar-refractivity contribution in [2.45, 2.75) is 31.9 Å². The molecule has 0 amide bonds. The highest BCUT2D eigenvalue weighted by Crippen LogP contribution is 2.12. The summed E-state index contributed by atoms with van der Waals surface area (Å²) in [7, 11) is 2.05. The van der Waals surface area contributed by atoms with Crippen LogP contribution in [0.3, 0.4) is 0 Å². The summed E-state index contributed by atoms with van der Waals surface area (Å²) < 4.78 is 5.32. The highest BCUT2D eigenvalue weighted by molar-refractivity contribution is 4.79. The predicted octanol–water partition coefficient (Wildman–Crippen LogP) is 0.478. The van der Waals surface area contributed by atoms with Crippen LogP contribution >= 0.6 is 0 Å². The summed E-state index contributed by atoms with van der Waals surface area (Å²) in [6, 6.07) is 0.207. The van der Waals surface area contributed by atoms with E-state index in [1.165, 1.54) is 0 Å². The van der Waals surface area contributed by atoms with Crippen molar-refractivity contribution in [1.29, 1.82) is 0 Å². The number of rotatable bonds is 3. The molecule has 0 bridgehead atoms. The third kappa shape index (κ3) is 2.44. The summed E-state index contributed by atoms with van der Waals surface area (Å²) in [5.74, 6) is 0. The highest BCUT2D eigenvalue weighted by atomic mass is 16.5. The smallest absolute Gasteiger partial charge is 0.0739 e. The van der Waals surface area contributed by atoms with Crippen molar-refractivity contribution in [3.8, 4) is 0 Å². The third-order valence-electron chi connectivity index (χ3n) is 2.43. The van der Waals surface area contributed by atoms with Crippen LogP contribution in [-0.4, -0.2) is 49.0 Å². The van der Waals surface area contributed by atoms with E-state index in [-0.39, 0.29) is 12.1 Å². The van der Waals surface area contributed by atoms with Crippen LogP contribution in [0.5, 0.6) is 0 Å². The molecule has 1 heterocycles. The van der Waals surface area contributed by atoms with E-state index in [0.29, 0.717) is 13.2 Å². The van der Waals surface area contributed by atoms with Gasteiger partial charge in [0, 0.05) is 6.61 Å². The van der Waals surface area contributed by atoms with E-state index in [0.717, 1.165) is 19.4 Å². The largest absolute Gasteiger partial charge is 0.391 e. The van der Waals surface area contributed by atoms with Crippen LogP contribution in [0.4, 0.5) is 0 Å². The van der Waals surface area contributed by atoms with Gasteiger partial charge in [-0.05, 0) is 26.4 Å². The number of aliphatic hydroxyl groups is 1. The summed E-state index contributed by atoms with van der Waals surface area (Å²) in [6.07, 6.45) is 1.70. The van der Waals surface area contributed by atoms with Gasteiger partial charge in [0.2, 0.25) is 0 Å². The zero-order chi connectivity index (χ0) is 8.97. The fraction of sp³-hybridized carbons (Fsp3) is 1.00. The SMILES string of the molecule is CCCN(C)C1COCCC1O. The van der Waals surface area contributed by atoms with E-state index in [2.05, 4.69) is 11.8 Å². The van der Waals surface area contributed by atoms with E-state index in [1.807, 2.05) is 7.05 Å². The van der Waals surface area contributed by atoms with Gasteiger partial charge in [-0.1, -0.05) is 6.92 Å². The van der Waals surface area contributed by atoms with Gasteiger partial charge in [0.05, 0.1) is 18.8 Å². The van der Waals surface area contributed by atoms with Crippen LogP contribution in [0, 0.1) is 0 Å². The fourth-order valence-electron chi connectivity index (χ4n) is 1.65. The van der Waals surface area contributed by atoms with Crippen LogP contribution in [-0.2, 0) is 4.74 Å². The third-order valence-corrected chi connectivity index (χ3v) is 2.43. The maximum atomic E-state index is 9.64. The van der Waals surface area contributed by atoms with Crippen molar-refractivity contribution in [3.63, 3.8) is 0 Å². The zero-order valence-corrected chi connectivity index (χ0v) is 7.99. The Balaban J connectivity index is 2.36. The van der Waals surface area contributed by atoms with Crippen molar-refractivity contribution in [1.82, 2.24) is 4.90 Å². The van der Waals surface area contributed by atoms with Gasteiger partial charge in [0.1, 0.15) is 0 Å². The molecule has 1 fully saturated rings. The Morgan fingerprint density at radius 3 is 2.92 bits per heavy atom. The number of hydrogen-bond donors (Lipinski definition) is 1. The molecule has 0 aromatic carbocycles. The molecule has 1 rings (SSSR count). The Labute approximate surface area is 74.3 Å². The molecule has 12 heavy (non-hydrogen) atoms. The monoisotopic (exact) mass is 173 g/mol. The maximum absolute atomic E-state index is 9.64. The molecule has 0 aromatic heterocycles. The molecule has 3 nitrogen and oxygen atoms in total. The highest BCUT2D eigenvalue weighted by Gasteiger charge is 2.26. The standard InChI is InChI=1S/C9H19NO2/c1-3-5-10(2)8-7-12-6-4-9(8)11/h8-9,11H,3-7H2,1-2H3. The number of aliphatic hydroxyl groups excluding tert-OH is 1. The van der Waals surface area contributed by atoms with Gasteiger partial charge >= 0.3 is 0 Å². The van der Waals surface area contributed by atoms with Crippen molar-refractivity contribution in [2.24, 2.45) is 0 Å². The van der Waals surface area contributed by atoms with Gasteiger partial charge < -0.3 is 9.84 Å². The topological polar surface area (TPSA) is 32.7 Å². The molecule has 1 aliphatic heterocycles. The molecule has 1 N–H and O–H groups in total. The Morgan fingerprint density at radius 2 is 2.33 bits per heavy atom. The average molecular weight is 173 g/mol. The predicted molar refractivity (Wildman–Crippen MR) is 48.2 cm³/mol. The van der Waals surface area contributed by atoms with Gasteiger partial charge in [0.25, 0.3) is 0 Å². The first-order valence-corrected chi connectivity index (χ1v) is 4.71. The van der Waals surface area contributed by atoms with Crippen molar-refractivity contribution >= 4 is 0 Å². The summed E-state index contributed by atoms with van der Waals surface area (Å²) in [6.45, 7) is 4.56. The van der Waals surface area contributed by atoms with Gasteiger partial charge in [0.15, 0.2) is 0 Å². The molecule has 0 radical (unpaired) electrons. The fourth-order valence-corrected chi connectivity index (χ4v) is 1.65. The van der Waals surface area contributed by atoms with E-state index >= 15 is 0 Å². The number of likely N-dealkylation sites (N-methyl/N-ethyl adjacent to an activating group) is 1. The molecule has 3 heteroatoms. The Hall–Kier alpha value is -0.120. The van der Waals surface area contributed by atoms with Gasteiger partial charge in [-0.3, -0.25) is 4.90 Å². The second-order valence-corrected chi connectivity index (χ2v) is 3.48. The number of ether oxygens (including phenoxy) is 1. The second kappa shape index (κ2) is 4.80. The average Bonchev–Trinajstić information content (AvgIpc) is 2.05. The molecular weight excluding hydrogens is 154 g/mol. The summed E-state index contributed by atoms with van der Waals surface area (Å²) >= 11 is 0. The molecular formula is C9H19NO2. The molecule has 0 aliphatic carbocycles. The molecule has 0 saturated carbocycles. The lowest BCUT2D eigenvalue weighted by Crippen LogP contribution is -2.48. The molecule has 1 aliphatic rings. The second-order valence-electron chi connectivity index (χ2n) is 3.48.